The Kier molecular flexibility index (Phi) is 8.16. The standard InChI is InChI=1S/C28H37N3O2/c1-22-8-10-25(11-9-22)21-31-26(12-13-27(31)32)28(33)29-16-5-17-30-18-14-24(15-19-30)20-23-6-3-2-4-7-23/h2-4,6-11,24,26H,5,12-21H2,1H3,(H,29,33)/t26-/m0/s1. The Hall–Kier alpha value is -2.66. The first-order valence-corrected chi connectivity index (χ1v) is 12.5. The molecule has 0 aromatic heterocycles. The molecule has 0 radical (unpaired) electrons. The molecule has 2 heterocycles. The van der Waals surface area contributed by atoms with Crippen molar-refractivity contribution in [1.29, 1.82) is 0 Å². The Morgan fingerprint density at radius 2 is 1.70 bits per heavy atom. The van der Waals surface area contributed by atoms with E-state index in [2.05, 4.69) is 52.7 Å². The molecule has 0 spiro atoms. The molecule has 0 aliphatic carbocycles. The molecule has 0 unspecified atom stereocenters. The van der Waals surface area contributed by atoms with E-state index in [0.29, 0.717) is 25.9 Å². The van der Waals surface area contributed by atoms with Crippen LogP contribution in [0.1, 0.15) is 48.8 Å². The maximum Gasteiger partial charge on any atom is 0.242 e. The van der Waals surface area contributed by atoms with Gasteiger partial charge in [-0.2, -0.15) is 0 Å². The number of piperidine rings is 1. The number of amides is 2. The number of rotatable bonds is 9. The highest BCUT2D eigenvalue weighted by molar-refractivity contribution is 5.90. The first-order valence-electron chi connectivity index (χ1n) is 12.5. The zero-order chi connectivity index (χ0) is 23.0. The van der Waals surface area contributed by atoms with Crippen LogP contribution in [0.15, 0.2) is 54.6 Å². The minimum Gasteiger partial charge on any atom is -0.354 e. The molecule has 2 aliphatic rings. The second-order valence-electron chi connectivity index (χ2n) is 9.68. The molecule has 176 valence electrons. The first kappa shape index (κ1) is 23.5. The quantitative estimate of drug-likeness (QED) is 0.593. The summed E-state index contributed by atoms with van der Waals surface area (Å²) in [4.78, 5) is 29.4. The lowest BCUT2D eigenvalue weighted by atomic mass is 9.90. The van der Waals surface area contributed by atoms with Gasteiger partial charge in [-0.25, -0.2) is 0 Å². The summed E-state index contributed by atoms with van der Waals surface area (Å²) < 4.78 is 0. The molecule has 2 fully saturated rings. The van der Waals surface area contributed by atoms with Crippen LogP contribution in [0.5, 0.6) is 0 Å². The lowest BCUT2D eigenvalue weighted by molar-refractivity contribution is -0.135. The van der Waals surface area contributed by atoms with Gasteiger partial charge >= 0.3 is 0 Å². The molecule has 2 aliphatic heterocycles. The first-order chi connectivity index (χ1) is 16.1. The van der Waals surface area contributed by atoms with E-state index in [0.717, 1.165) is 37.5 Å². The average Bonchev–Trinajstić information content (AvgIpc) is 3.20. The summed E-state index contributed by atoms with van der Waals surface area (Å²) in [5.74, 6) is 0.853. The summed E-state index contributed by atoms with van der Waals surface area (Å²) in [6.45, 7) is 6.55. The van der Waals surface area contributed by atoms with Gasteiger partial charge < -0.3 is 15.1 Å². The summed E-state index contributed by atoms with van der Waals surface area (Å²) in [5, 5.41) is 3.09. The Labute approximate surface area is 198 Å². The molecule has 4 rings (SSSR count). The Balaban J connectivity index is 1.15. The van der Waals surface area contributed by atoms with Crippen molar-refractivity contribution in [2.45, 2.75) is 58.0 Å². The smallest absolute Gasteiger partial charge is 0.242 e. The number of hydrogen-bond donors (Lipinski definition) is 1. The molecule has 2 saturated heterocycles. The number of carbonyl (C=O) groups excluding carboxylic acids is 2. The highest BCUT2D eigenvalue weighted by atomic mass is 16.2. The number of aryl methyl sites for hydroxylation is 1. The van der Waals surface area contributed by atoms with Crippen LogP contribution in [0.2, 0.25) is 0 Å². The van der Waals surface area contributed by atoms with Crippen LogP contribution >= 0.6 is 0 Å². The van der Waals surface area contributed by atoms with Crippen molar-refractivity contribution >= 4 is 11.8 Å². The second kappa shape index (κ2) is 11.5. The maximum atomic E-state index is 12.8. The Morgan fingerprint density at radius 3 is 2.42 bits per heavy atom. The van der Waals surface area contributed by atoms with Gasteiger partial charge in [0.15, 0.2) is 0 Å². The van der Waals surface area contributed by atoms with Crippen LogP contribution in [0, 0.1) is 12.8 Å². The van der Waals surface area contributed by atoms with Gasteiger partial charge in [-0.1, -0.05) is 60.2 Å². The molecular weight excluding hydrogens is 410 g/mol. The van der Waals surface area contributed by atoms with E-state index in [1.807, 2.05) is 19.1 Å². The van der Waals surface area contributed by atoms with Gasteiger partial charge in [0.2, 0.25) is 11.8 Å². The van der Waals surface area contributed by atoms with Crippen LogP contribution in [0.3, 0.4) is 0 Å². The van der Waals surface area contributed by atoms with Crippen molar-refractivity contribution in [3.63, 3.8) is 0 Å². The van der Waals surface area contributed by atoms with Crippen molar-refractivity contribution in [2.24, 2.45) is 5.92 Å². The summed E-state index contributed by atoms with van der Waals surface area (Å²) in [5.41, 5.74) is 3.71. The molecule has 2 aromatic carbocycles. The summed E-state index contributed by atoms with van der Waals surface area (Å²) in [6.07, 6.45) is 5.71. The molecule has 2 aromatic rings. The number of nitrogens with zero attached hydrogens (tertiary/aromatic N) is 2. The number of carbonyl (C=O) groups is 2. The normalized spacial score (nSPS) is 19.7. The fourth-order valence-electron chi connectivity index (χ4n) is 5.09. The zero-order valence-corrected chi connectivity index (χ0v) is 19.8. The topological polar surface area (TPSA) is 52.7 Å². The SMILES string of the molecule is Cc1ccc(CN2C(=O)CC[C@H]2C(=O)NCCCN2CCC(Cc3ccccc3)CC2)cc1. The summed E-state index contributed by atoms with van der Waals surface area (Å²) in [7, 11) is 0. The van der Waals surface area contributed by atoms with Crippen LogP contribution < -0.4 is 5.32 Å². The van der Waals surface area contributed by atoms with E-state index in [9.17, 15) is 9.59 Å². The van der Waals surface area contributed by atoms with Gasteiger partial charge in [0, 0.05) is 19.5 Å². The largest absolute Gasteiger partial charge is 0.354 e. The van der Waals surface area contributed by atoms with E-state index in [1.54, 1.807) is 4.90 Å². The van der Waals surface area contributed by atoms with Crippen molar-refractivity contribution in [2.75, 3.05) is 26.2 Å². The highest BCUT2D eigenvalue weighted by Gasteiger charge is 2.35. The minimum atomic E-state index is -0.340. The third-order valence-corrected chi connectivity index (χ3v) is 7.13. The minimum absolute atomic E-state index is 0.00506. The number of nitrogens with one attached hydrogen (secondary N) is 1. The average molecular weight is 448 g/mol. The molecule has 5 heteroatoms. The lowest BCUT2D eigenvalue weighted by Crippen LogP contribution is -2.45. The third kappa shape index (κ3) is 6.67. The summed E-state index contributed by atoms with van der Waals surface area (Å²) in [6, 6.07) is 18.6. The monoisotopic (exact) mass is 447 g/mol. The third-order valence-electron chi connectivity index (χ3n) is 7.13. The molecule has 5 nitrogen and oxygen atoms in total. The summed E-state index contributed by atoms with van der Waals surface area (Å²) >= 11 is 0. The van der Waals surface area contributed by atoms with Crippen molar-refractivity contribution in [1.82, 2.24) is 15.1 Å². The van der Waals surface area contributed by atoms with Crippen LogP contribution in [-0.4, -0.2) is 53.8 Å². The second-order valence-corrected chi connectivity index (χ2v) is 9.68. The molecule has 1 atom stereocenters. The van der Waals surface area contributed by atoms with Gasteiger partial charge in [-0.3, -0.25) is 9.59 Å². The Bertz CT molecular complexity index is 904. The fourth-order valence-corrected chi connectivity index (χ4v) is 5.09. The number of hydrogen-bond acceptors (Lipinski definition) is 3. The van der Waals surface area contributed by atoms with Gasteiger partial charge in [-0.05, 0) is 75.7 Å². The van der Waals surface area contributed by atoms with Crippen molar-refractivity contribution in [3.05, 3.63) is 71.3 Å². The van der Waals surface area contributed by atoms with E-state index < -0.39 is 0 Å². The van der Waals surface area contributed by atoms with Gasteiger partial charge in [0.25, 0.3) is 0 Å². The predicted molar refractivity (Wildman–Crippen MR) is 132 cm³/mol. The number of benzene rings is 2. The Morgan fingerprint density at radius 1 is 0.970 bits per heavy atom. The van der Waals surface area contributed by atoms with Gasteiger partial charge in [0.05, 0.1) is 0 Å². The van der Waals surface area contributed by atoms with E-state index in [4.69, 9.17) is 0 Å². The van der Waals surface area contributed by atoms with Crippen LogP contribution in [-0.2, 0) is 22.6 Å². The van der Waals surface area contributed by atoms with E-state index >= 15 is 0 Å². The molecule has 0 bridgehead atoms. The van der Waals surface area contributed by atoms with Crippen LogP contribution in [0.4, 0.5) is 0 Å². The maximum absolute atomic E-state index is 12.8. The van der Waals surface area contributed by atoms with Crippen molar-refractivity contribution in [3.8, 4) is 0 Å². The molecular formula is C28H37N3O2. The molecule has 2 amide bonds. The highest BCUT2D eigenvalue weighted by Crippen LogP contribution is 2.23. The van der Waals surface area contributed by atoms with E-state index in [1.165, 1.54) is 30.4 Å². The van der Waals surface area contributed by atoms with Gasteiger partial charge in [-0.15, -0.1) is 0 Å². The molecule has 33 heavy (non-hydrogen) atoms. The predicted octanol–water partition coefficient (Wildman–Crippen LogP) is 3.95. The fraction of sp³-hybridized carbons (Fsp3) is 0.500. The molecule has 0 saturated carbocycles. The van der Waals surface area contributed by atoms with Gasteiger partial charge in [0.1, 0.15) is 6.04 Å². The zero-order valence-electron chi connectivity index (χ0n) is 19.8. The lowest BCUT2D eigenvalue weighted by Gasteiger charge is -2.32. The number of likely N-dealkylation sites (tertiary alicyclic amines) is 2. The van der Waals surface area contributed by atoms with Crippen LogP contribution in [0.25, 0.3) is 0 Å². The molecule has 1 N–H and O–H groups in total. The van der Waals surface area contributed by atoms with Crippen molar-refractivity contribution < 1.29 is 9.59 Å². The van der Waals surface area contributed by atoms with E-state index in [-0.39, 0.29) is 17.9 Å².